The molecule has 1 amide bonds. The molecule has 0 aliphatic heterocycles. The molecular weight excluding hydrogens is 437 g/mol. The van der Waals surface area contributed by atoms with Gasteiger partial charge >= 0.3 is 0 Å². The normalized spacial score (nSPS) is 10.6. The number of hydrogen-bond donors (Lipinski definition) is 1. The Morgan fingerprint density at radius 3 is 2.53 bits per heavy atom. The third kappa shape index (κ3) is 3.34. The molecule has 0 aliphatic carbocycles. The van der Waals surface area contributed by atoms with Crippen LogP contribution in [0.4, 0.5) is 5.69 Å². The van der Waals surface area contributed by atoms with E-state index in [9.17, 15) is 4.79 Å². The van der Waals surface area contributed by atoms with Crippen molar-refractivity contribution in [3.63, 3.8) is 0 Å². The number of nitrogens with one attached hydrogen (secondary N) is 1. The molecule has 0 atom stereocenters. The number of thiophene rings is 1. The number of aryl methyl sites for hydroxylation is 1. The Morgan fingerprint density at radius 1 is 1.26 bits per heavy atom. The van der Waals surface area contributed by atoms with Gasteiger partial charge in [-0.1, -0.05) is 23.2 Å². The largest absolute Gasteiger partial charge is 0.320 e. The summed E-state index contributed by atoms with van der Waals surface area (Å²) in [5, 5.41) is 3.44. The lowest BCUT2D eigenvalue weighted by atomic mass is 10.3. The first kappa shape index (κ1) is 15.3. The smallest absolute Gasteiger partial charge is 0.265 e. The van der Waals surface area contributed by atoms with Crippen LogP contribution in [0.15, 0.2) is 26.5 Å². The molecule has 0 spiro atoms. The summed E-state index contributed by atoms with van der Waals surface area (Å²) in [5.41, 5.74) is 1.51. The van der Waals surface area contributed by atoms with Crippen molar-refractivity contribution in [2.24, 2.45) is 0 Å². The zero-order valence-electron chi connectivity index (χ0n) is 9.56. The predicted octanol–water partition coefficient (Wildman–Crippen LogP) is 6.14. The highest BCUT2D eigenvalue weighted by atomic mass is 79.9. The van der Waals surface area contributed by atoms with E-state index < -0.39 is 0 Å². The monoisotopic (exact) mass is 441 g/mol. The molecule has 100 valence electrons. The van der Waals surface area contributed by atoms with Gasteiger partial charge in [-0.3, -0.25) is 4.79 Å². The van der Waals surface area contributed by atoms with Gasteiger partial charge in [-0.05, 0) is 62.5 Å². The molecule has 0 bridgehead atoms. The van der Waals surface area contributed by atoms with E-state index in [2.05, 4.69) is 37.2 Å². The van der Waals surface area contributed by atoms with E-state index in [1.165, 1.54) is 11.3 Å². The summed E-state index contributed by atoms with van der Waals surface area (Å²) in [5.74, 6) is -0.209. The molecule has 2 nitrogen and oxygen atoms in total. The fraction of sp³-hybridized carbons (Fsp3) is 0.0833. The fourth-order valence-electron chi connectivity index (χ4n) is 1.38. The Hall–Kier alpha value is -0.0700. The Bertz CT molecular complexity index is 638. The van der Waals surface area contributed by atoms with Gasteiger partial charge in [-0.25, -0.2) is 0 Å². The summed E-state index contributed by atoms with van der Waals surface area (Å²) in [4.78, 5) is 12.7. The van der Waals surface area contributed by atoms with E-state index >= 15 is 0 Å². The topological polar surface area (TPSA) is 29.1 Å². The standard InChI is InChI=1S/C12H7Br2Cl2NOS/c1-5-4-8(19-11(5)14)12(18)17-7-3-2-6(13)9(15)10(7)16/h2-4H,1H3,(H,17,18). The summed E-state index contributed by atoms with van der Waals surface area (Å²) >= 11 is 20.1. The summed E-state index contributed by atoms with van der Waals surface area (Å²) in [6.45, 7) is 1.93. The first-order valence-corrected chi connectivity index (χ1v) is 8.26. The molecule has 2 rings (SSSR count). The minimum Gasteiger partial charge on any atom is -0.320 e. The maximum Gasteiger partial charge on any atom is 0.265 e. The average molecular weight is 444 g/mol. The van der Waals surface area contributed by atoms with Crippen LogP contribution in [0.1, 0.15) is 15.2 Å². The van der Waals surface area contributed by atoms with E-state index in [4.69, 9.17) is 23.2 Å². The molecule has 0 radical (unpaired) electrons. The Morgan fingerprint density at radius 2 is 1.95 bits per heavy atom. The molecule has 0 unspecified atom stereocenters. The summed E-state index contributed by atoms with van der Waals surface area (Å²) < 4.78 is 1.63. The lowest BCUT2D eigenvalue weighted by molar-refractivity contribution is 0.103. The molecular formula is C12H7Br2Cl2NOS. The number of carbonyl (C=O) groups excluding carboxylic acids is 1. The van der Waals surface area contributed by atoms with Crippen LogP contribution < -0.4 is 5.32 Å². The van der Waals surface area contributed by atoms with Crippen LogP contribution in [0, 0.1) is 6.92 Å². The zero-order valence-corrected chi connectivity index (χ0v) is 15.1. The maximum absolute atomic E-state index is 12.1. The summed E-state index contributed by atoms with van der Waals surface area (Å²) in [7, 11) is 0. The van der Waals surface area contributed by atoms with Crippen LogP contribution in [0.5, 0.6) is 0 Å². The SMILES string of the molecule is Cc1cc(C(=O)Nc2ccc(Br)c(Cl)c2Cl)sc1Br. The van der Waals surface area contributed by atoms with Crippen molar-refractivity contribution >= 4 is 78.0 Å². The molecule has 7 heteroatoms. The Balaban J connectivity index is 2.27. The predicted molar refractivity (Wildman–Crippen MR) is 88.9 cm³/mol. The van der Waals surface area contributed by atoms with Crippen molar-refractivity contribution in [3.05, 3.63) is 46.9 Å². The van der Waals surface area contributed by atoms with E-state index in [1.54, 1.807) is 12.1 Å². The second-order valence-corrected chi connectivity index (χ2v) is 7.72. The number of carbonyl (C=O) groups is 1. The van der Waals surface area contributed by atoms with Crippen molar-refractivity contribution < 1.29 is 4.79 Å². The van der Waals surface area contributed by atoms with Gasteiger partial charge in [0, 0.05) is 4.47 Å². The van der Waals surface area contributed by atoms with Gasteiger partial charge in [0.15, 0.2) is 0 Å². The zero-order chi connectivity index (χ0) is 14.2. The Kier molecular flexibility index (Phi) is 4.95. The van der Waals surface area contributed by atoms with Crippen LogP contribution in [-0.4, -0.2) is 5.91 Å². The second-order valence-electron chi connectivity index (χ2n) is 3.74. The van der Waals surface area contributed by atoms with Gasteiger partial charge in [0.2, 0.25) is 0 Å². The lowest BCUT2D eigenvalue weighted by Gasteiger charge is -2.08. The first-order valence-electron chi connectivity index (χ1n) is 5.11. The molecule has 0 saturated heterocycles. The van der Waals surface area contributed by atoms with Gasteiger partial charge in [0.25, 0.3) is 5.91 Å². The molecule has 1 aromatic carbocycles. The minimum absolute atomic E-state index is 0.209. The van der Waals surface area contributed by atoms with E-state index in [-0.39, 0.29) is 5.91 Å². The highest BCUT2D eigenvalue weighted by Crippen LogP contribution is 2.36. The quantitative estimate of drug-likeness (QED) is 0.555. The van der Waals surface area contributed by atoms with Crippen molar-refractivity contribution in [3.8, 4) is 0 Å². The number of rotatable bonds is 2. The van der Waals surface area contributed by atoms with Crippen LogP contribution in [0.25, 0.3) is 0 Å². The maximum atomic E-state index is 12.1. The highest BCUT2D eigenvalue weighted by Gasteiger charge is 2.15. The number of anilines is 1. The van der Waals surface area contributed by atoms with E-state index in [1.807, 2.05) is 13.0 Å². The fourth-order valence-corrected chi connectivity index (χ4v) is 3.63. The first-order chi connectivity index (χ1) is 8.90. The number of amides is 1. The van der Waals surface area contributed by atoms with Crippen LogP contribution in [0.3, 0.4) is 0 Å². The third-order valence-electron chi connectivity index (χ3n) is 2.36. The molecule has 19 heavy (non-hydrogen) atoms. The molecule has 0 fully saturated rings. The third-order valence-corrected chi connectivity index (χ3v) is 6.27. The lowest BCUT2D eigenvalue weighted by Crippen LogP contribution is -2.10. The molecule has 2 aromatic rings. The molecule has 1 heterocycles. The highest BCUT2D eigenvalue weighted by molar-refractivity contribution is 9.11. The minimum atomic E-state index is -0.209. The van der Waals surface area contributed by atoms with Gasteiger partial charge in [-0.2, -0.15) is 0 Å². The van der Waals surface area contributed by atoms with Gasteiger partial charge < -0.3 is 5.32 Å². The van der Waals surface area contributed by atoms with Crippen molar-refractivity contribution in [1.29, 1.82) is 0 Å². The van der Waals surface area contributed by atoms with Crippen LogP contribution in [0.2, 0.25) is 10.0 Å². The molecule has 1 N–H and O–H groups in total. The molecule has 0 aliphatic rings. The van der Waals surface area contributed by atoms with Crippen LogP contribution in [-0.2, 0) is 0 Å². The molecule has 1 aromatic heterocycles. The summed E-state index contributed by atoms with van der Waals surface area (Å²) in [6, 6.07) is 5.25. The van der Waals surface area contributed by atoms with E-state index in [0.717, 1.165) is 9.35 Å². The average Bonchev–Trinajstić information content (AvgIpc) is 2.70. The van der Waals surface area contributed by atoms with Crippen molar-refractivity contribution in [2.75, 3.05) is 5.32 Å². The summed E-state index contributed by atoms with van der Waals surface area (Å²) in [6.07, 6.45) is 0. The Labute approximate surface area is 141 Å². The van der Waals surface area contributed by atoms with E-state index in [0.29, 0.717) is 25.1 Å². The van der Waals surface area contributed by atoms with Gasteiger partial charge in [0.05, 0.1) is 24.4 Å². The number of benzene rings is 1. The number of hydrogen-bond acceptors (Lipinski definition) is 2. The molecule has 0 saturated carbocycles. The van der Waals surface area contributed by atoms with Crippen LogP contribution >= 0.6 is 66.4 Å². The van der Waals surface area contributed by atoms with Crippen molar-refractivity contribution in [2.45, 2.75) is 6.92 Å². The van der Waals surface area contributed by atoms with Gasteiger partial charge in [0.1, 0.15) is 0 Å². The second kappa shape index (κ2) is 6.14. The van der Waals surface area contributed by atoms with Gasteiger partial charge in [-0.15, -0.1) is 11.3 Å². The van der Waals surface area contributed by atoms with Crippen molar-refractivity contribution in [1.82, 2.24) is 0 Å². The number of halogens is 4.